The van der Waals surface area contributed by atoms with E-state index in [1.165, 1.54) is 0 Å². The third-order valence-corrected chi connectivity index (χ3v) is 3.39. The molecular weight excluding hydrogens is 232 g/mol. The maximum absolute atomic E-state index is 5.69. The van der Waals surface area contributed by atoms with Crippen molar-refractivity contribution < 1.29 is 9.47 Å². The number of nitrogens with zero attached hydrogens (tertiary/aromatic N) is 2. The van der Waals surface area contributed by atoms with Crippen LogP contribution in [-0.4, -0.2) is 30.3 Å². The summed E-state index contributed by atoms with van der Waals surface area (Å²) < 4.78 is 11.1. The maximum Gasteiger partial charge on any atom is 0.163 e. The van der Waals surface area contributed by atoms with Crippen LogP contribution >= 0.6 is 0 Å². The minimum Gasteiger partial charge on any atom is -0.381 e. The van der Waals surface area contributed by atoms with Gasteiger partial charge >= 0.3 is 0 Å². The quantitative estimate of drug-likeness (QED) is 0.614. The van der Waals surface area contributed by atoms with Crippen molar-refractivity contribution in [1.82, 2.24) is 9.97 Å². The SMILES string of the molecule is CCc1cc(NN)nc(C2(OC)CCOCC2)n1. The van der Waals surface area contributed by atoms with Gasteiger partial charge in [-0.1, -0.05) is 6.92 Å². The van der Waals surface area contributed by atoms with Gasteiger partial charge in [0.15, 0.2) is 5.82 Å². The van der Waals surface area contributed by atoms with Gasteiger partial charge in [0, 0.05) is 44.9 Å². The number of ether oxygens (including phenoxy) is 2. The van der Waals surface area contributed by atoms with Gasteiger partial charge < -0.3 is 14.9 Å². The first-order valence-corrected chi connectivity index (χ1v) is 6.22. The van der Waals surface area contributed by atoms with Crippen LogP contribution in [0.3, 0.4) is 0 Å². The fourth-order valence-electron chi connectivity index (χ4n) is 2.18. The fourth-order valence-corrected chi connectivity index (χ4v) is 2.18. The summed E-state index contributed by atoms with van der Waals surface area (Å²) in [4.78, 5) is 9.02. The topological polar surface area (TPSA) is 82.3 Å². The van der Waals surface area contributed by atoms with Gasteiger partial charge in [0.25, 0.3) is 0 Å². The number of nitrogens with two attached hydrogens (primary N) is 1. The monoisotopic (exact) mass is 252 g/mol. The Balaban J connectivity index is 2.40. The highest BCUT2D eigenvalue weighted by Crippen LogP contribution is 2.33. The van der Waals surface area contributed by atoms with Crippen molar-refractivity contribution in [2.75, 3.05) is 25.7 Å². The number of hydrogen-bond acceptors (Lipinski definition) is 6. The van der Waals surface area contributed by atoms with Gasteiger partial charge in [0.1, 0.15) is 11.4 Å². The molecule has 1 aromatic heterocycles. The zero-order valence-corrected chi connectivity index (χ0v) is 10.9. The first kappa shape index (κ1) is 13.2. The molecule has 0 saturated carbocycles. The molecule has 1 aliphatic heterocycles. The van der Waals surface area contributed by atoms with Crippen LogP contribution in [-0.2, 0) is 21.5 Å². The predicted molar refractivity (Wildman–Crippen MR) is 68.0 cm³/mol. The molecule has 0 atom stereocenters. The van der Waals surface area contributed by atoms with E-state index in [4.69, 9.17) is 15.3 Å². The lowest BCUT2D eigenvalue weighted by molar-refractivity contribution is -0.1000. The van der Waals surface area contributed by atoms with E-state index in [-0.39, 0.29) is 0 Å². The molecule has 1 saturated heterocycles. The summed E-state index contributed by atoms with van der Waals surface area (Å²) in [5, 5.41) is 0. The smallest absolute Gasteiger partial charge is 0.163 e. The zero-order chi connectivity index (χ0) is 13.0. The second-order valence-electron chi connectivity index (χ2n) is 4.38. The lowest BCUT2D eigenvalue weighted by Gasteiger charge is -2.34. The third-order valence-electron chi connectivity index (χ3n) is 3.39. The summed E-state index contributed by atoms with van der Waals surface area (Å²) in [5.41, 5.74) is 3.09. The molecule has 18 heavy (non-hydrogen) atoms. The highest BCUT2D eigenvalue weighted by atomic mass is 16.5. The number of nitrogens with one attached hydrogen (secondary N) is 1. The number of rotatable bonds is 4. The number of nitrogen functional groups attached to an aromatic ring is 1. The Morgan fingerprint density at radius 2 is 2.17 bits per heavy atom. The van der Waals surface area contributed by atoms with E-state index in [0.717, 1.165) is 25.0 Å². The van der Waals surface area contributed by atoms with Gasteiger partial charge in [-0.3, -0.25) is 0 Å². The number of aryl methyl sites for hydroxylation is 1. The minimum atomic E-state index is -0.449. The third kappa shape index (κ3) is 2.45. The lowest BCUT2D eigenvalue weighted by Crippen LogP contribution is -2.37. The highest BCUT2D eigenvalue weighted by molar-refractivity contribution is 5.35. The van der Waals surface area contributed by atoms with Crippen molar-refractivity contribution in [3.8, 4) is 0 Å². The van der Waals surface area contributed by atoms with Crippen molar-refractivity contribution in [3.63, 3.8) is 0 Å². The molecule has 0 aliphatic carbocycles. The van der Waals surface area contributed by atoms with Gasteiger partial charge in [-0.05, 0) is 6.42 Å². The Morgan fingerprint density at radius 3 is 2.72 bits per heavy atom. The Kier molecular flexibility index (Phi) is 4.11. The van der Waals surface area contributed by atoms with Gasteiger partial charge in [-0.15, -0.1) is 0 Å². The van der Waals surface area contributed by atoms with Crippen LogP contribution in [0.5, 0.6) is 0 Å². The number of hydrazine groups is 1. The average molecular weight is 252 g/mol. The van der Waals surface area contributed by atoms with E-state index in [1.807, 2.05) is 6.07 Å². The summed E-state index contributed by atoms with van der Waals surface area (Å²) in [7, 11) is 1.70. The van der Waals surface area contributed by atoms with E-state index in [2.05, 4.69) is 22.3 Å². The lowest BCUT2D eigenvalue weighted by atomic mass is 9.93. The van der Waals surface area contributed by atoms with Crippen LogP contribution in [0.25, 0.3) is 0 Å². The Labute approximate surface area is 107 Å². The van der Waals surface area contributed by atoms with Gasteiger partial charge in [-0.2, -0.15) is 0 Å². The highest BCUT2D eigenvalue weighted by Gasteiger charge is 2.37. The molecule has 6 heteroatoms. The molecule has 2 rings (SSSR count). The number of hydrogen-bond donors (Lipinski definition) is 2. The molecule has 1 aliphatic rings. The van der Waals surface area contributed by atoms with Gasteiger partial charge in [0.05, 0.1) is 0 Å². The standard InChI is InChI=1S/C12H20N4O2/c1-3-9-8-10(16-13)15-11(14-9)12(17-2)4-6-18-7-5-12/h8H,3-7,13H2,1-2H3,(H,14,15,16). The Morgan fingerprint density at radius 1 is 1.44 bits per heavy atom. The van der Waals surface area contributed by atoms with E-state index < -0.39 is 5.60 Å². The largest absolute Gasteiger partial charge is 0.381 e. The number of aromatic nitrogens is 2. The molecule has 100 valence electrons. The summed E-state index contributed by atoms with van der Waals surface area (Å²) in [6.45, 7) is 3.38. The van der Waals surface area contributed by atoms with Crippen molar-refractivity contribution >= 4 is 5.82 Å². The first-order chi connectivity index (χ1) is 8.74. The molecule has 0 bridgehead atoms. The Bertz CT molecular complexity index is 383. The van der Waals surface area contributed by atoms with E-state index in [9.17, 15) is 0 Å². The van der Waals surface area contributed by atoms with Crippen molar-refractivity contribution in [2.45, 2.75) is 31.8 Å². The first-order valence-electron chi connectivity index (χ1n) is 6.22. The maximum atomic E-state index is 5.69. The second kappa shape index (κ2) is 5.60. The normalized spacial score (nSPS) is 18.6. The number of anilines is 1. The molecule has 0 radical (unpaired) electrons. The molecule has 0 aromatic carbocycles. The van der Waals surface area contributed by atoms with Crippen LogP contribution in [0.15, 0.2) is 6.07 Å². The summed E-state index contributed by atoms with van der Waals surface area (Å²) in [5.74, 6) is 6.77. The zero-order valence-electron chi connectivity index (χ0n) is 10.9. The van der Waals surface area contributed by atoms with Gasteiger partial charge in [0.2, 0.25) is 0 Å². The Hall–Kier alpha value is -1.24. The van der Waals surface area contributed by atoms with Crippen LogP contribution in [0.2, 0.25) is 0 Å². The van der Waals surface area contributed by atoms with Crippen molar-refractivity contribution in [2.24, 2.45) is 5.84 Å². The molecule has 2 heterocycles. The van der Waals surface area contributed by atoms with E-state index >= 15 is 0 Å². The summed E-state index contributed by atoms with van der Waals surface area (Å²) in [6.07, 6.45) is 2.36. The second-order valence-corrected chi connectivity index (χ2v) is 4.38. The van der Waals surface area contributed by atoms with Crippen molar-refractivity contribution in [1.29, 1.82) is 0 Å². The summed E-state index contributed by atoms with van der Waals surface area (Å²) in [6, 6.07) is 1.85. The van der Waals surface area contributed by atoms with E-state index in [1.54, 1.807) is 7.11 Å². The molecule has 0 amide bonds. The van der Waals surface area contributed by atoms with Crippen LogP contribution in [0, 0.1) is 0 Å². The van der Waals surface area contributed by atoms with Gasteiger partial charge in [-0.25, -0.2) is 15.8 Å². The fraction of sp³-hybridized carbons (Fsp3) is 0.667. The van der Waals surface area contributed by atoms with Crippen LogP contribution in [0.4, 0.5) is 5.82 Å². The summed E-state index contributed by atoms with van der Waals surface area (Å²) >= 11 is 0. The van der Waals surface area contributed by atoms with Crippen LogP contribution in [0.1, 0.15) is 31.3 Å². The average Bonchev–Trinajstić information content (AvgIpc) is 2.47. The molecular formula is C12H20N4O2. The molecule has 1 aromatic rings. The minimum absolute atomic E-state index is 0.449. The molecule has 0 spiro atoms. The van der Waals surface area contributed by atoms with Crippen molar-refractivity contribution in [3.05, 3.63) is 17.6 Å². The molecule has 3 N–H and O–H groups in total. The molecule has 6 nitrogen and oxygen atoms in total. The predicted octanol–water partition coefficient (Wildman–Crippen LogP) is 0.977. The van der Waals surface area contributed by atoms with Crippen LogP contribution < -0.4 is 11.3 Å². The molecule has 1 fully saturated rings. The molecule has 0 unspecified atom stereocenters. The van der Waals surface area contributed by atoms with E-state index in [0.29, 0.717) is 24.9 Å². The number of methoxy groups -OCH3 is 1.